The Balaban J connectivity index is 3.92. The van der Waals surface area contributed by atoms with Crippen LogP contribution in [0.1, 0.15) is 33.6 Å². The van der Waals surface area contributed by atoms with E-state index in [1.165, 1.54) is 7.11 Å². The summed E-state index contributed by atoms with van der Waals surface area (Å²) in [7, 11) is 3.26. The van der Waals surface area contributed by atoms with Crippen molar-refractivity contribution in [1.29, 1.82) is 0 Å². The maximum absolute atomic E-state index is 11.7. The Labute approximate surface area is 103 Å². The highest BCUT2D eigenvalue weighted by molar-refractivity contribution is 5.81. The van der Waals surface area contributed by atoms with Gasteiger partial charge in [0.05, 0.1) is 13.2 Å². The molecule has 0 heterocycles. The van der Waals surface area contributed by atoms with Crippen molar-refractivity contribution in [3.05, 3.63) is 0 Å². The first kappa shape index (κ1) is 15.9. The Morgan fingerprint density at radius 3 is 2.35 bits per heavy atom. The quantitative estimate of drug-likeness (QED) is 0.673. The SMILES string of the molecule is COC(=O)CCCN(C)C(C)C(=O)NC(C)C. The zero-order chi connectivity index (χ0) is 13.4. The molecule has 0 rings (SSSR count). The van der Waals surface area contributed by atoms with Crippen LogP contribution in [-0.4, -0.2) is 49.6 Å². The lowest BCUT2D eigenvalue weighted by Gasteiger charge is -2.24. The summed E-state index contributed by atoms with van der Waals surface area (Å²) >= 11 is 0. The number of carbonyl (C=O) groups is 2. The Kier molecular flexibility index (Phi) is 7.54. The van der Waals surface area contributed by atoms with Crippen molar-refractivity contribution in [2.24, 2.45) is 0 Å². The Morgan fingerprint density at radius 1 is 1.29 bits per heavy atom. The van der Waals surface area contributed by atoms with Crippen molar-refractivity contribution in [3.63, 3.8) is 0 Å². The van der Waals surface area contributed by atoms with Crippen LogP contribution in [0, 0.1) is 0 Å². The van der Waals surface area contributed by atoms with Gasteiger partial charge in [-0.25, -0.2) is 0 Å². The third-order valence-corrected chi connectivity index (χ3v) is 2.59. The van der Waals surface area contributed by atoms with Crippen molar-refractivity contribution in [3.8, 4) is 0 Å². The van der Waals surface area contributed by atoms with Crippen LogP contribution < -0.4 is 5.32 Å². The van der Waals surface area contributed by atoms with E-state index >= 15 is 0 Å². The van der Waals surface area contributed by atoms with Crippen molar-refractivity contribution in [2.45, 2.75) is 45.7 Å². The van der Waals surface area contributed by atoms with E-state index in [1.807, 2.05) is 32.7 Å². The number of nitrogens with zero attached hydrogens (tertiary/aromatic N) is 1. The molecule has 0 aromatic rings. The zero-order valence-corrected chi connectivity index (χ0v) is 11.4. The lowest BCUT2D eigenvalue weighted by Crippen LogP contribution is -2.45. The predicted octanol–water partition coefficient (Wildman–Crippen LogP) is 0.785. The third-order valence-electron chi connectivity index (χ3n) is 2.59. The van der Waals surface area contributed by atoms with Gasteiger partial charge in [-0.05, 0) is 40.8 Å². The van der Waals surface area contributed by atoms with Crippen LogP contribution in [-0.2, 0) is 14.3 Å². The number of methoxy groups -OCH3 is 1. The van der Waals surface area contributed by atoms with Gasteiger partial charge in [0.1, 0.15) is 0 Å². The second-order valence-corrected chi connectivity index (χ2v) is 4.50. The molecular formula is C12H24N2O3. The summed E-state index contributed by atoms with van der Waals surface area (Å²) in [6.07, 6.45) is 1.09. The summed E-state index contributed by atoms with van der Waals surface area (Å²) in [5, 5.41) is 2.86. The second kappa shape index (κ2) is 8.06. The number of nitrogens with one attached hydrogen (secondary N) is 1. The highest BCUT2D eigenvalue weighted by Crippen LogP contribution is 2.01. The number of carbonyl (C=O) groups excluding carboxylic acids is 2. The van der Waals surface area contributed by atoms with E-state index in [4.69, 9.17) is 0 Å². The maximum Gasteiger partial charge on any atom is 0.305 e. The standard InChI is InChI=1S/C12H24N2O3/c1-9(2)13-12(16)10(3)14(4)8-6-7-11(15)17-5/h9-10H,6-8H2,1-5H3,(H,13,16). The van der Waals surface area contributed by atoms with E-state index < -0.39 is 0 Å². The monoisotopic (exact) mass is 244 g/mol. The average Bonchev–Trinajstić information content (AvgIpc) is 2.26. The molecule has 5 nitrogen and oxygen atoms in total. The first-order valence-electron chi connectivity index (χ1n) is 5.96. The van der Waals surface area contributed by atoms with Gasteiger partial charge >= 0.3 is 5.97 Å². The summed E-state index contributed by atoms with van der Waals surface area (Å²) < 4.78 is 4.56. The molecule has 0 spiro atoms. The highest BCUT2D eigenvalue weighted by Gasteiger charge is 2.18. The molecule has 100 valence electrons. The summed E-state index contributed by atoms with van der Waals surface area (Å²) in [6.45, 7) is 6.42. The maximum atomic E-state index is 11.7. The van der Waals surface area contributed by atoms with E-state index in [0.717, 1.165) is 0 Å². The molecule has 0 radical (unpaired) electrons. The number of rotatable bonds is 7. The number of ether oxygens (including phenoxy) is 1. The van der Waals surface area contributed by atoms with E-state index in [0.29, 0.717) is 19.4 Å². The summed E-state index contributed by atoms with van der Waals surface area (Å²) in [6, 6.07) is -0.0385. The van der Waals surface area contributed by atoms with Crippen LogP contribution >= 0.6 is 0 Å². The van der Waals surface area contributed by atoms with E-state index in [-0.39, 0.29) is 24.0 Å². The number of hydrogen-bond donors (Lipinski definition) is 1. The molecule has 0 aliphatic rings. The molecule has 0 aromatic carbocycles. The molecule has 1 unspecified atom stereocenters. The lowest BCUT2D eigenvalue weighted by molar-refractivity contribution is -0.140. The predicted molar refractivity (Wildman–Crippen MR) is 66.6 cm³/mol. The molecule has 1 amide bonds. The highest BCUT2D eigenvalue weighted by atomic mass is 16.5. The first-order valence-corrected chi connectivity index (χ1v) is 5.96. The molecule has 0 aromatic heterocycles. The smallest absolute Gasteiger partial charge is 0.305 e. The van der Waals surface area contributed by atoms with Crippen LogP contribution in [0.5, 0.6) is 0 Å². The first-order chi connectivity index (χ1) is 7.88. The zero-order valence-electron chi connectivity index (χ0n) is 11.4. The van der Waals surface area contributed by atoms with Gasteiger partial charge in [-0.3, -0.25) is 14.5 Å². The number of hydrogen-bond acceptors (Lipinski definition) is 4. The van der Waals surface area contributed by atoms with E-state index in [9.17, 15) is 9.59 Å². The molecule has 0 fully saturated rings. The normalized spacial score (nSPS) is 12.6. The van der Waals surface area contributed by atoms with Crippen molar-refractivity contribution in [2.75, 3.05) is 20.7 Å². The van der Waals surface area contributed by atoms with E-state index in [1.54, 1.807) is 0 Å². The van der Waals surface area contributed by atoms with Crippen LogP contribution in [0.25, 0.3) is 0 Å². The van der Waals surface area contributed by atoms with E-state index in [2.05, 4.69) is 10.1 Å². The topological polar surface area (TPSA) is 58.6 Å². The molecule has 1 N–H and O–H groups in total. The fraction of sp³-hybridized carbons (Fsp3) is 0.833. The van der Waals surface area contributed by atoms with Crippen LogP contribution in [0.3, 0.4) is 0 Å². The van der Waals surface area contributed by atoms with Gasteiger partial charge in [0.15, 0.2) is 0 Å². The van der Waals surface area contributed by atoms with Crippen LogP contribution in [0.15, 0.2) is 0 Å². The Hall–Kier alpha value is -1.10. The third kappa shape index (κ3) is 6.94. The number of likely N-dealkylation sites (N-methyl/N-ethyl adjacent to an activating group) is 1. The summed E-state index contributed by atoms with van der Waals surface area (Å²) in [4.78, 5) is 24.6. The molecule has 0 aliphatic carbocycles. The van der Waals surface area contributed by atoms with Crippen LogP contribution in [0.4, 0.5) is 0 Å². The number of amides is 1. The fourth-order valence-electron chi connectivity index (χ4n) is 1.37. The molecule has 0 saturated heterocycles. The second-order valence-electron chi connectivity index (χ2n) is 4.50. The van der Waals surface area contributed by atoms with Gasteiger partial charge in [0.2, 0.25) is 5.91 Å². The largest absolute Gasteiger partial charge is 0.469 e. The van der Waals surface area contributed by atoms with Gasteiger partial charge in [-0.1, -0.05) is 0 Å². The van der Waals surface area contributed by atoms with Crippen molar-refractivity contribution < 1.29 is 14.3 Å². The Bertz CT molecular complexity index is 254. The van der Waals surface area contributed by atoms with Crippen LogP contribution in [0.2, 0.25) is 0 Å². The van der Waals surface area contributed by atoms with Crippen molar-refractivity contribution >= 4 is 11.9 Å². The summed E-state index contributed by atoms with van der Waals surface area (Å²) in [5.74, 6) is -0.196. The van der Waals surface area contributed by atoms with Gasteiger partial charge in [0, 0.05) is 12.5 Å². The van der Waals surface area contributed by atoms with Gasteiger partial charge < -0.3 is 10.1 Å². The molecular weight excluding hydrogens is 220 g/mol. The molecule has 5 heteroatoms. The van der Waals surface area contributed by atoms with Gasteiger partial charge in [-0.15, -0.1) is 0 Å². The fourth-order valence-corrected chi connectivity index (χ4v) is 1.37. The summed E-state index contributed by atoms with van der Waals surface area (Å²) in [5.41, 5.74) is 0. The van der Waals surface area contributed by atoms with Gasteiger partial charge in [-0.2, -0.15) is 0 Å². The lowest BCUT2D eigenvalue weighted by atomic mass is 10.2. The molecule has 0 saturated carbocycles. The molecule has 0 bridgehead atoms. The number of esters is 1. The van der Waals surface area contributed by atoms with Gasteiger partial charge in [0.25, 0.3) is 0 Å². The molecule has 17 heavy (non-hydrogen) atoms. The van der Waals surface area contributed by atoms with Crippen molar-refractivity contribution in [1.82, 2.24) is 10.2 Å². The minimum absolute atomic E-state index is 0.0144. The minimum Gasteiger partial charge on any atom is -0.469 e. The molecule has 0 aliphatic heterocycles. The average molecular weight is 244 g/mol. The molecule has 1 atom stereocenters. The Morgan fingerprint density at radius 2 is 1.88 bits per heavy atom. The minimum atomic E-state index is -0.210.